The molecule has 0 aliphatic carbocycles. The highest BCUT2D eigenvalue weighted by Crippen LogP contribution is 2.27. The highest BCUT2D eigenvalue weighted by Gasteiger charge is 2.19. The number of methoxy groups -OCH3 is 1. The average Bonchev–Trinajstić information content (AvgIpc) is 3.03. The molecular weight excluding hydrogens is 408 g/mol. The molecule has 1 aliphatic rings. The molecule has 1 fully saturated rings. The first kappa shape index (κ1) is 20.2. The summed E-state index contributed by atoms with van der Waals surface area (Å²) in [7, 11) is 1.51. The number of fused-ring (bicyclic) bond motifs is 1. The normalized spacial score (nSPS) is 14.8. The van der Waals surface area contributed by atoms with Crippen LogP contribution >= 0.6 is 11.6 Å². The van der Waals surface area contributed by atoms with E-state index in [0.29, 0.717) is 22.4 Å². The monoisotopic (exact) mass is 430 g/mol. The summed E-state index contributed by atoms with van der Waals surface area (Å²) in [6.45, 7) is 3.88. The van der Waals surface area contributed by atoms with Crippen molar-refractivity contribution in [2.45, 2.75) is 26.3 Å². The van der Waals surface area contributed by atoms with Crippen LogP contribution in [0.1, 0.15) is 19.8 Å². The van der Waals surface area contributed by atoms with Crippen molar-refractivity contribution >= 4 is 34.8 Å². The second kappa shape index (κ2) is 8.35. The predicted octanol–water partition coefficient (Wildman–Crippen LogP) is 2.43. The van der Waals surface area contributed by atoms with Gasteiger partial charge < -0.3 is 15.0 Å². The van der Waals surface area contributed by atoms with Gasteiger partial charge in [-0.25, -0.2) is 13.9 Å². The van der Waals surface area contributed by atoms with Gasteiger partial charge in [-0.2, -0.15) is 4.98 Å². The summed E-state index contributed by atoms with van der Waals surface area (Å²) < 4.78 is 7.54. The molecule has 158 valence electrons. The number of carbonyl (C=O) groups is 1. The van der Waals surface area contributed by atoms with Gasteiger partial charge in [0.25, 0.3) is 5.78 Å². The largest absolute Gasteiger partial charge is 0.495 e. The Morgan fingerprint density at radius 1 is 1.30 bits per heavy atom. The number of nitrogens with one attached hydrogen (secondary N) is 1. The number of hydrogen-bond acceptors (Lipinski definition) is 6. The van der Waals surface area contributed by atoms with Crippen molar-refractivity contribution < 1.29 is 9.53 Å². The van der Waals surface area contributed by atoms with E-state index in [1.807, 2.05) is 6.07 Å². The van der Waals surface area contributed by atoms with Gasteiger partial charge in [-0.3, -0.25) is 4.79 Å². The number of halogens is 1. The standard InChI is InChI=1S/C20H23ClN6O3/c1-13-5-8-25(9-6-13)17-7-10-26-19(23-17)24-27(20(26)29)12-18(28)22-14-3-4-16(30-2)15(21)11-14/h3-4,7,10-11,13H,5-6,8-9,12H2,1-2H3,(H,22,28). The van der Waals surface area contributed by atoms with Gasteiger partial charge in [-0.1, -0.05) is 18.5 Å². The maximum atomic E-state index is 12.6. The van der Waals surface area contributed by atoms with E-state index in [2.05, 4.69) is 27.2 Å². The molecular formula is C20H23ClN6O3. The molecule has 2 aromatic heterocycles. The SMILES string of the molecule is COc1ccc(NC(=O)Cn2nc3nc(N4CCC(C)CC4)ccn3c2=O)cc1Cl. The Balaban J connectivity index is 1.50. The highest BCUT2D eigenvalue weighted by atomic mass is 35.5. The van der Waals surface area contributed by atoms with Crippen molar-refractivity contribution in [3.8, 4) is 5.75 Å². The van der Waals surface area contributed by atoms with E-state index in [-0.39, 0.29) is 12.3 Å². The van der Waals surface area contributed by atoms with Crippen LogP contribution in [0.2, 0.25) is 5.02 Å². The number of aromatic nitrogens is 4. The van der Waals surface area contributed by atoms with Gasteiger partial charge in [0.2, 0.25) is 5.91 Å². The van der Waals surface area contributed by atoms with Crippen LogP contribution in [0.3, 0.4) is 0 Å². The number of nitrogens with zero attached hydrogens (tertiary/aromatic N) is 5. The first-order valence-electron chi connectivity index (χ1n) is 9.79. The molecule has 1 aromatic carbocycles. The Morgan fingerprint density at radius 2 is 2.07 bits per heavy atom. The molecule has 0 bridgehead atoms. The molecule has 0 radical (unpaired) electrons. The lowest BCUT2D eigenvalue weighted by Gasteiger charge is -2.30. The molecule has 3 aromatic rings. The lowest BCUT2D eigenvalue weighted by atomic mass is 9.99. The fraction of sp³-hybridized carbons (Fsp3) is 0.400. The fourth-order valence-corrected chi connectivity index (χ4v) is 3.75. The van der Waals surface area contributed by atoms with Crippen molar-refractivity contribution in [1.82, 2.24) is 19.2 Å². The van der Waals surface area contributed by atoms with Crippen LogP contribution < -0.4 is 20.6 Å². The number of piperidine rings is 1. The van der Waals surface area contributed by atoms with Crippen LogP contribution in [-0.2, 0) is 11.3 Å². The molecule has 0 saturated carbocycles. The second-order valence-electron chi connectivity index (χ2n) is 7.46. The van der Waals surface area contributed by atoms with Crippen molar-refractivity contribution in [2.75, 3.05) is 30.4 Å². The Kier molecular flexibility index (Phi) is 5.63. The van der Waals surface area contributed by atoms with Crippen molar-refractivity contribution in [2.24, 2.45) is 5.92 Å². The predicted molar refractivity (Wildman–Crippen MR) is 114 cm³/mol. The van der Waals surface area contributed by atoms with E-state index >= 15 is 0 Å². The smallest absolute Gasteiger partial charge is 0.352 e. The summed E-state index contributed by atoms with van der Waals surface area (Å²) >= 11 is 6.08. The number of amides is 1. The van der Waals surface area contributed by atoms with Crippen LogP contribution in [0.4, 0.5) is 11.5 Å². The minimum Gasteiger partial charge on any atom is -0.495 e. The van der Waals surface area contributed by atoms with Crippen molar-refractivity contribution in [1.29, 1.82) is 0 Å². The summed E-state index contributed by atoms with van der Waals surface area (Å²) in [5.74, 6) is 1.90. The first-order valence-corrected chi connectivity index (χ1v) is 10.2. The molecule has 0 unspecified atom stereocenters. The van der Waals surface area contributed by atoms with E-state index < -0.39 is 11.6 Å². The fourth-order valence-electron chi connectivity index (χ4n) is 3.49. The molecule has 10 heteroatoms. The summed E-state index contributed by atoms with van der Waals surface area (Å²) in [6.07, 6.45) is 3.88. The number of hydrogen-bond donors (Lipinski definition) is 1. The minimum atomic E-state index is -0.417. The third kappa shape index (κ3) is 4.11. The molecule has 1 amide bonds. The van der Waals surface area contributed by atoms with Gasteiger partial charge in [0, 0.05) is 25.0 Å². The number of benzene rings is 1. The van der Waals surface area contributed by atoms with E-state index in [1.54, 1.807) is 24.4 Å². The van der Waals surface area contributed by atoms with E-state index in [9.17, 15) is 9.59 Å². The first-order chi connectivity index (χ1) is 14.4. The zero-order valence-electron chi connectivity index (χ0n) is 16.8. The van der Waals surface area contributed by atoms with Gasteiger partial charge in [-0.05, 0) is 43.0 Å². The Hall–Kier alpha value is -3.07. The summed E-state index contributed by atoms with van der Waals surface area (Å²) in [5.41, 5.74) is 0.0848. The molecule has 0 spiro atoms. The maximum absolute atomic E-state index is 12.6. The second-order valence-corrected chi connectivity index (χ2v) is 7.87. The number of carbonyl (C=O) groups excluding carboxylic acids is 1. The van der Waals surface area contributed by atoms with Crippen LogP contribution in [0.5, 0.6) is 5.75 Å². The lowest BCUT2D eigenvalue weighted by molar-refractivity contribution is -0.117. The highest BCUT2D eigenvalue weighted by molar-refractivity contribution is 6.32. The maximum Gasteiger partial charge on any atom is 0.352 e. The van der Waals surface area contributed by atoms with Crippen molar-refractivity contribution in [3.05, 3.63) is 46.0 Å². The lowest BCUT2D eigenvalue weighted by Crippen LogP contribution is -2.33. The summed E-state index contributed by atoms with van der Waals surface area (Å²) in [4.78, 5) is 31.7. The number of ether oxygens (including phenoxy) is 1. The van der Waals surface area contributed by atoms with E-state index in [0.717, 1.165) is 36.4 Å². The topological polar surface area (TPSA) is 93.8 Å². The van der Waals surface area contributed by atoms with E-state index in [1.165, 1.54) is 11.5 Å². The van der Waals surface area contributed by atoms with Crippen LogP contribution in [0.25, 0.3) is 5.78 Å². The van der Waals surface area contributed by atoms with Crippen LogP contribution in [0.15, 0.2) is 35.3 Å². The quantitative estimate of drug-likeness (QED) is 0.668. The van der Waals surface area contributed by atoms with Gasteiger partial charge in [0.05, 0.1) is 12.1 Å². The molecule has 1 N–H and O–H groups in total. The third-order valence-corrected chi connectivity index (χ3v) is 5.57. The zero-order valence-corrected chi connectivity index (χ0v) is 17.6. The average molecular weight is 431 g/mol. The van der Waals surface area contributed by atoms with Crippen LogP contribution in [-0.4, -0.2) is 45.3 Å². The summed E-state index contributed by atoms with van der Waals surface area (Å²) in [5, 5.41) is 7.32. The molecule has 3 heterocycles. The van der Waals surface area contributed by atoms with Gasteiger partial charge in [0.1, 0.15) is 18.1 Å². The Bertz CT molecular complexity index is 1130. The van der Waals surface area contributed by atoms with Crippen molar-refractivity contribution in [3.63, 3.8) is 0 Å². The number of anilines is 2. The third-order valence-electron chi connectivity index (χ3n) is 5.28. The molecule has 1 aliphatic heterocycles. The Morgan fingerprint density at radius 3 is 2.77 bits per heavy atom. The Labute approximate surface area is 178 Å². The van der Waals surface area contributed by atoms with E-state index in [4.69, 9.17) is 16.3 Å². The molecule has 4 rings (SSSR count). The van der Waals surface area contributed by atoms with Gasteiger partial charge >= 0.3 is 5.69 Å². The zero-order chi connectivity index (χ0) is 21.3. The molecule has 0 atom stereocenters. The molecule has 30 heavy (non-hydrogen) atoms. The van der Waals surface area contributed by atoms with Gasteiger partial charge in [0.15, 0.2) is 0 Å². The molecule has 9 nitrogen and oxygen atoms in total. The van der Waals surface area contributed by atoms with Crippen LogP contribution in [0, 0.1) is 5.92 Å². The summed E-state index contributed by atoms with van der Waals surface area (Å²) in [6, 6.07) is 6.72. The minimum absolute atomic E-state index is 0.234. The number of rotatable bonds is 5. The molecule has 1 saturated heterocycles. The van der Waals surface area contributed by atoms with Gasteiger partial charge in [-0.15, -0.1) is 5.10 Å².